The van der Waals surface area contributed by atoms with E-state index in [1.807, 2.05) is 5.32 Å². The number of hydrogen-bond acceptors (Lipinski definition) is 3. The van der Waals surface area contributed by atoms with Gasteiger partial charge in [0.2, 0.25) is 5.91 Å². The van der Waals surface area contributed by atoms with Gasteiger partial charge in [0, 0.05) is 4.90 Å². The molecule has 0 saturated heterocycles. The lowest BCUT2D eigenvalue weighted by atomic mass is 10.4. The van der Waals surface area contributed by atoms with Crippen molar-refractivity contribution < 1.29 is 14.0 Å². The van der Waals surface area contributed by atoms with Gasteiger partial charge in [-0.25, -0.2) is 9.18 Å². The Kier molecular flexibility index (Phi) is 4.11. The molecule has 15 heavy (non-hydrogen) atoms. The summed E-state index contributed by atoms with van der Waals surface area (Å²) in [5.74, 6) is -0.744. The Morgan fingerprint density at radius 3 is 2.47 bits per heavy atom. The first-order chi connectivity index (χ1) is 7.08. The summed E-state index contributed by atoms with van der Waals surface area (Å²) in [7, 11) is 0. The molecule has 0 heterocycles. The Labute approximate surface area is 90.0 Å². The van der Waals surface area contributed by atoms with Crippen molar-refractivity contribution in [2.24, 2.45) is 5.73 Å². The molecule has 1 aromatic rings. The lowest BCUT2D eigenvalue weighted by molar-refractivity contribution is -0.117. The molecule has 4 nitrogen and oxygen atoms in total. The average molecular weight is 228 g/mol. The maximum atomic E-state index is 12.5. The summed E-state index contributed by atoms with van der Waals surface area (Å²) in [4.78, 5) is 22.0. The standard InChI is InChI=1S/C9H9FN2O2S/c10-6-1-3-7(4-2-6)15-5-8(13)12-9(11)14/h1-4H,5H2,(H3,11,12,13,14). The van der Waals surface area contributed by atoms with Crippen LogP contribution in [0.1, 0.15) is 0 Å². The minimum atomic E-state index is -0.875. The van der Waals surface area contributed by atoms with Crippen molar-refractivity contribution in [2.45, 2.75) is 4.90 Å². The summed E-state index contributed by atoms with van der Waals surface area (Å²) < 4.78 is 12.5. The molecule has 0 bridgehead atoms. The molecule has 1 rings (SSSR count). The van der Waals surface area contributed by atoms with E-state index >= 15 is 0 Å². The first-order valence-corrected chi connectivity index (χ1v) is 5.04. The van der Waals surface area contributed by atoms with Crippen LogP contribution in [0.25, 0.3) is 0 Å². The van der Waals surface area contributed by atoms with Crippen LogP contribution < -0.4 is 11.1 Å². The van der Waals surface area contributed by atoms with E-state index in [4.69, 9.17) is 5.73 Å². The molecule has 0 aliphatic heterocycles. The molecular weight excluding hydrogens is 219 g/mol. The number of primary amides is 1. The fraction of sp³-hybridized carbons (Fsp3) is 0.111. The van der Waals surface area contributed by atoms with Gasteiger partial charge in [0.25, 0.3) is 0 Å². The van der Waals surface area contributed by atoms with Crippen molar-refractivity contribution >= 4 is 23.7 Å². The van der Waals surface area contributed by atoms with Crippen molar-refractivity contribution in [2.75, 3.05) is 5.75 Å². The van der Waals surface area contributed by atoms with E-state index < -0.39 is 11.9 Å². The van der Waals surface area contributed by atoms with Gasteiger partial charge < -0.3 is 5.73 Å². The molecule has 0 radical (unpaired) electrons. The summed E-state index contributed by atoms with van der Waals surface area (Å²) in [6.07, 6.45) is 0. The van der Waals surface area contributed by atoms with Gasteiger partial charge in [-0.15, -0.1) is 11.8 Å². The highest BCUT2D eigenvalue weighted by Crippen LogP contribution is 2.17. The Morgan fingerprint density at radius 2 is 1.93 bits per heavy atom. The van der Waals surface area contributed by atoms with E-state index in [0.717, 1.165) is 4.90 Å². The van der Waals surface area contributed by atoms with Crippen molar-refractivity contribution in [1.29, 1.82) is 0 Å². The zero-order chi connectivity index (χ0) is 11.3. The molecule has 0 atom stereocenters. The van der Waals surface area contributed by atoms with Crippen LogP contribution in [0.2, 0.25) is 0 Å². The fourth-order valence-corrected chi connectivity index (χ4v) is 1.55. The second kappa shape index (κ2) is 5.35. The molecule has 3 N–H and O–H groups in total. The highest BCUT2D eigenvalue weighted by atomic mass is 32.2. The largest absolute Gasteiger partial charge is 0.351 e. The number of amides is 3. The van der Waals surface area contributed by atoms with Crippen LogP contribution in [0.15, 0.2) is 29.2 Å². The minimum Gasteiger partial charge on any atom is -0.351 e. The number of hydrogen-bond donors (Lipinski definition) is 2. The number of thioether (sulfide) groups is 1. The van der Waals surface area contributed by atoms with Crippen LogP contribution in [-0.2, 0) is 4.79 Å². The number of carbonyl (C=O) groups excluding carboxylic acids is 2. The van der Waals surface area contributed by atoms with E-state index in [-0.39, 0.29) is 11.6 Å². The van der Waals surface area contributed by atoms with E-state index in [0.29, 0.717) is 0 Å². The molecule has 0 aliphatic rings. The quantitative estimate of drug-likeness (QED) is 0.761. The lowest BCUT2D eigenvalue weighted by Gasteiger charge is -2.01. The number of benzene rings is 1. The highest BCUT2D eigenvalue weighted by molar-refractivity contribution is 8.00. The molecular formula is C9H9FN2O2S. The summed E-state index contributed by atoms with van der Waals surface area (Å²) in [6, 6.07) is 4.83. The van der Waals surface area contributed by atoms with Crippen molar-refractivity contribution in [3.05, 3.63) is 30.1 Å². The molecule has 0 spiro atoms. The Balaban J connectivity index is 2.40. The molecule has 0 saturated carbocycles. The normalized spacial score (nSPS) is 9.67. The summed E-state index contributed by atoms with van der Waals surface area (Å²) in [6.45, 7) is 0. The maximum absolute atomic E-state index is 12.5. The zero-order valence-corrected chi connectivity index (χ0v) is 8.51. The Morgan fingerprint density at radius 1 is 1.33 bits per heavy atom. The van der Waals surface area contributed by atoms with Crippen molar-refractivity contribution in [3.8, 4) is 0 Å². The van der Waals surface area contributed by atoms with Crippen molar-refractivity contribution in [3.63, 3.8) is 0 Å². The molecule has 80 valence electrons. The molecule has 6 heteroatoms. The van der Waals surface area contributed by atoms with E-state index in [2.05, 4.69) is 0 Å². The first kappa shape index (κ1) is 11.5. The number of urea groups is 1. The van der Waals surface area contributed by atoms with Gasteiger partial charge >= 0.3 is 6.03 Å². The fourth-order valence-electron chi connectivity index (χ4n) is 0.853. The molecule has 0 aliphatic carbocycles. The maximum Gasteiger partial charge on any atom is 0.318 e. The summed E-state index contributed by atoms with van der Waals surface area (Å²) >= 11 is 1.19. The molecule has 0 aromatic heterocycles. The lowest BCUT2D eigenvalue weighted by Crippen LogP contribution is -2.36. The third kappa shape index (κ3) is 4.46. The number of nitrogens with one attached hydrogen (secondary N) is 1. The predicted octanol–water partition coefficient (Wildman–Crippen LogP) is 1.11. The third-order valence-corrected chi connectivity index (χ3v) is 2.46. The number of nitrogens with two attached hydrogens (primary N) is 1. The average Bonchev–Trinajstić information content (AvgIpc) is 2.16. The third-order valence-electron chi connectivity index (χ3n) is 1.45. The van der Waals surface area contributed by atoms with Crippen LogP contribution in [0.4, 0.5) is 9.18 Å². The summed E-state index contributed by atoms with van der Waals surface area (Å²) in [5, 5.41) is 1.93. The van der Waals surface area contributed by atoms with Crippen LogP contribution >= 0.6 is 11.8 Å². The molecule has 0 fully saturated rings. The first-order valence-electron chi connectivity index (χ1n) is 4.05. The van der Waals surface area contributed by atoms with Crippen LogP contribution in [-0.4, -0.2) is 17.7 Å². The number of rotatable bonds is 3. The Bertz CT molecular complexity index is 367. The van der Waals surface area contributed by atoms with Gasteiger partial charge in [-0.05, 0) is 24.3 Å². The molecule has 3 amide bonds. The highest BCUT2D eigenvalue weighted by Gasteiger charge is 2.04. The van der Waals surface area contributed by atoms with Gasteiger partial charge in [0.05, 0.1) is 5.75 Å². The van der Waals surface area contributed by atoms with Gasteiger partial charge in [-0.1, -0.05) is 0 Å². The smallest absolute Gasteiger partial charge is 0.318 e. The second-order valence-corrected chi connectivity index (χ2v) is 3.70. The van der Waals surface area contributed by atoms with E-state index in [1.165, 1.54) is 23.9 Å². The minimum absolute atomic E-state index is 0.0641. The van der Waals surface area contributed by atoms with Crippen molar-refractivity contribution in [1.82, 2.24) is 5.32 Å². The monoisotopic (exact) mass is 228 g/mol. The second-order valence-electron chi connectivity index (χ2n) is 2.66. The zero-order valence-electron chi connectivity index (χ0n) is 7.70. The predicted molar refractivity (Wildman–Crippen MR) is 54.9 cm³/mol. The van der Waals surface area contributed by atoms with Gasteiger partial charge in [-0.2, -0.15) is 0 Å². The van der Waals surface area contributed by atoms with Crippen LogP contribution in [0.3, 0.4) is 0 Å². The molecule has 1 aromatic carbocycles. The number of imide groups is 1. The van der Waals surface area contributed by atoms with E-state index in [9.17, 15) is 14.0 Å². The van der Waals surface area contributed by atoms with Crippen LogP contribution in [0.5, 0.6) is 0 Å². The number of carbonyl (C=O) groups is 2. The van der Waals surface area contributed by atoms with Gasteiger partial charge in [0.15, 0.2) is 0 Å². The SMILES string of the molecule is NC(=O)NC(=O)CSc1ccc(F)cc1. The van der Waals surface area contributed by atoms with E-state index in [1.54, 1.807) is 12.1 Å². The topological polar surface area (TPSA) is 72.2 Å². The van der Waals surface area contributed by atoms with Gasteiger partial charge in [-0.3, -0.25) is 10.1 Å². The molecule has 0 unspecified atom stereocenters. The van der Waals surface area contributed by atoms with Gasteiger partial charge in [0.1, 0.15) is 5.82 Å². The number of halogens is 1. The Hall–Kier alpha value is -1.56. The summed E-state index contributed by atoms with van der Waals surface area (Å²) in [5.41, 5.74) is 4.75. The van der Waals surface area contributed by atoms with Crippen LogP contribution in [0, 0.1) is 5.82 Å².